The third-order valence-corrected chi connectivity index (χ3v) is 9.22. The highest BCUT2D eigenvalue weighted by Gasteiger charge is 2.20. The van der Waals surface area contributed by atoms with E-state index >= 15 is 0 Å². The molecule has 2 fully saturated rings. The summed E-state index contributed by atoms with van der Waals surface area (Å²) in [6, 6.07) is 14.3. The number of nitrogens with one attached hydrogen (secondary N) is 1. The third kappa shape index (κ3) is 6.24. The van der Waals surface area contributed by atoms with Gasteiger partial charge in [-0.2, -0.15) is 0 Å². The van der Waals surface area contributed by atoms with Crippen LogP contribution in [0.1, 0.15) is 10.4 Å². The molecule has 2 saturated heterocycles. The Morgan fingerprint density at radius 2 is 1.60 bits per heavy atom. The first-order chi connectivity index (χ1) is 19.6. The molecular weight excluding hydrogens is 567 g/mol. The summed E-state index contributed by atoms with van der Waals surface area (Å²) in [5.74, 6) is 0.563. The molecule has 0 bridgehead atoms. The lowest BCUT2D eigenvalue weighted by Crippen LogP contribution is -2.37. The first-order valence-corrected chi connectivity index (χ1v) is 15.1. The van der Waals surface area contributed by atoms with Crippen LogP contribution in [0, 0.1) is 0 Å². The largest absolute Gasteiger partial charge is 0.495 e. The fraction of sp³-hybridized carbons (Fsp3) is 0.367. The Morgan fingerprint density at radius 1 is 0.875 bits per heavy atom. The van der Waals surface area contributed by atoms with Gasteiger partial charge in [-0.05, 0) is 35.4 Å². The number of aromatic nitrogens is 1. The van der Waals surface area contributed by atoms with Gasteiger partial charge in [0, 0.05) is 72.4 Å². The van der Waals surface area contributed by atoms with Gasteiger partial charge < -0.3 is 19.5 Å². The van der Waals surface area contributed by atoms with Gasteiger partial charge in [0.05, 0.1) is 54.8 Å². The molecule has 0 saturated carbocycles. The van der Waals surface area contributed by atoms with Crippen molar-refractivity contribution in [1.29, 1.82) is 0 Å². The molecule has 2 aliphatic rings. The summed E-state index contributed by atoms with van der Waals surface area (Å²) < 4.78 is 16.5. The number of nitrogens with zero attached hydrogens (tertiary/aromatic N) is 3. The molecule has 4 heterocycles. The standard InChI is InChI=1S/C30H32Cl2N4O3S/c1-37-28-17-27(23(31)16-24(28)32)34-25-4-5-33-26-14-20(2-3-22(25)26)29-15-21(18-35-6-10-38-11-7-35)30(40-29)19-36-8-12-39-13-9-36/h2-5,14-17H,6-13,18-19H2,1H3,(H,33,34). The Balaban J connectivity index is 1.30. The molecule has 0 spiro atoms. The van der Waals surface area contributed by atoms with Crippen LogP contribution >= 0.6 is 34.5 Å². The van der Waals surface area contributed by atoms with Crippen molar-refractivity contribution in [1.82, 2.24) is 14.8 Å². The minimum absolute atomic E-state index is 0.471. The van der Waals surface area contributed by atoms with E-state index in [0.29, 0.717) is 15.8 Å². The topological polar surface area (TPSA) is 59.1 Å². The second-order valence-electron chi connectivity index (χ2n) is 10.0. The fourth-order valence-corrected chi connectivity index (χ4v) is 6.90. The van der Waals surface area contributed by atoms with Crippen LogP contribution in [0.3, 0.4) is 0 Å². The molecule has 0 unspecified atom stereocenters. The lowest BCUT2D eigenvalue weighted by Gasteiger charge is -2.28. The SMILES string of the molecule is COc1cc(Nc2ccnc3cc(-c4cc(CN5CCOCC5)c(CN5CCOCC5)s4)ccc23)c(Cl)cc1Cl. The maximum atomic E-state index is 6.48. The van der Waals surface area contributed by atoms with Crippen molar-refractivity contribution in [2.45, 2.75) is 13.1 Å². The van der Waals surface area contributed by atoms with Gasteiger partial charge in [0.2, 0.25) is 0 Å². The number of halogens is 2. The van der Waals surface area contributed by atoms with Crippen LogP contribution in [0.25, 0.3) is 21.3 Å². The summed E-state index contributed by atoms with van der Waals surface area (Å²) in [5, 5.41) is 5.44. The zero-order valence-corrected chi connectivity index (χ0v) is 24.7. The highest BCUT2D eigenvalue weighted by molar-refractivity contribution is 7.15. The lowest BCUT2D eigenvalue weighted by atomic mass is 10.1. The molecule has 10 heteroatoms. The minimum atomic E-state index is 0.471. The van der Waals surface area contributed by atoms with Crippen LogP contribution in [0.4, 0.5) is 11.4 Å². The van der Waals surface area contributed by atoms with E-state index in [2.05, 4.69) is 39.4 Å². The number of thiophene rings is 1. The van der Waals surface area contributed by atoms with Crippen LogP contribution < -0.4 is 10.1 Å². The molecule has 0 atom stereocenters. The van der Waals surface area contributed by atoms with E-state index in [1.165, 1.54) is 20.9 Å². The number of pyridine rings is 1. The van der Waals surface area contributed by atoms with E-state index < -0.39 is 0 Å². The number of ether oxygens (including phenoxy) is 3. The first kappa shape index (κ1) is 27.7. The van der Waals surface area contributed by atoms with Gasteiger partial charge in [-0.1, -0.05) is 35.3 Å². The Morgan fingerprint density at radius 3 is 2.33 bits per heavy atom. The molecule has 0 radical (unpaired) electrons. The van der Waals surface area contributed by atoms with Gasteiger partial charge in [-0.3, -0.25) is 14.8 Å². The monoisotopic (exact) mass is 598 g/mol. The van der Waals surface area contributed by atoms with Crippen LogP contribution in [0.2, 0.25) is 10.0 Å². The highest BCUT2D eigenvalue weighted by Crippen LogP contribution is 2.38. The Labute approximate surface area is 248 Å². The molecule has 2 aromatic heterocycles. The van der Waals surface area contributed by atoms with E-state index in [1.54, 1.807) is 13.2 Å². The molecule has 7 nitrogen and oxygen atoms in total. The lowest BCUT2D eigenvalue weighted by molar-refractivity contribution is 0.0313. The molecule has 4 aromatic rings. The number of hydrogen-bond acceptors (Lipinski definition) is 8. The zero-order chi connectivity index (χ0) is 27.5. The average Bonchev–Trinajstić information content (AvgIpc) is 3.37. The maximum Gasteiger partial charge on any atom is 0.139 e. The Bertz CT molecular complexity index is 1450. The summed E-state index contributed by atoms with van der Waals surface area (Å²) in [6.07, 6.45) is 1.82. The number of anilines is 2. The van der Waals surface area contributed by atoms with E-state index in [1.807, 2.05) is 29.7 Å². The average molecular weight is 600 g/mol. The van der Waals surface area contributed by atoms with Crippen molar-refractivity contribution in [2.24, 2.45) is 0 Å². The number of methoxy groups -OCH3 is 1. The maximum absolute atomic E-state index is 6.48. The van der Waals surface area contributed by atoms with Crippen molar-refractivity contribution in [3.05, 3.63) is 69.1 Å². The summed E-state index contributed by atoms with van der Waals surface area (Å²) in [5.41, 5.74) is 5.12. The summed E-state index contributed by atoms with van der Waals surface area (Å²) >= 11 is 14.6. The second-order valence-corrected chi connectivity index (χ2v) is 12.0. The number of hydrogen-bond donors (Lipinski definition) is 1. The van der Waals surface area contributed by atoms with Gasteiger partial charge in [0.25, 0.3) is 0 Å². The van der Waals surface area contributed by atoms with Crippen LogP contribution in [0.15, 0.2) is 48.7 Å². The van der Waals surface area contributed by atoms with E-state index in [9.17, 15) is 0 Å². The van der Waals surface area contributed by atoms with Crippen molar-refractivity contribution in [3.63, 3.8) is 0 Å². The number of fused-ring (bicyclic) bond motifs is 1. The van der Waals surface area contributed by atoms with Crippen molar-refractivity contribution < 1.29 is 14.2 Å². The number of rotatable bonds is 8. The van der Waals surface area contributed by atoms with E-state index in [0.717, 1.165) is 88.0 Å². The number of benzene rings is 2. The highest BCUT2D eigenvalue weighted by atomic mass is 35.5. The van der Waals surface area contributed by atoms with Crippen molar-refractivity contribution in [2.75, 3.05) is 65.0 Å². The smallest absolute Gasteiger partial charge is 0.139 e. The first-order valence-electron chi connectivity index (χ1n) is 13.5. The van der Waals surface area contributed by atoms with Gasteiger partial charge in [0.1, 0.15) is 5.75 Å². The minimum Gasteiger partial charge on any atom is -0.495 e. The second kappa shape index (κ2) is 12.6. The van der Waals surface area contributed by atoms with Gasteiger partial charge in [-0.25, -0.2) is 0 Å². The summed E-state index contributed by atoms with van der Waals surface area (Å²) in [6.45, 7) is 9.02. The van der Waals surface area contributed by atoms with Gasteiger partial charge >= 0.3 is 0 Å². The number of morpholine rings is 2. The molecule has 0 amide bonds. The molecule has 210 valence electrons. The molecule has 2 aliphatic heterocycles. The predicted octanol–water partition coefficient (Wildman–Crippen LogP) is 6.69. The fourth-order valence-electron chi connectivity index (χ4n) is 5.18. The predicted molar refractivity (Wildman–Crippen MR) is 164 cm³/mol. The van der Waals surface area contributed by atoms with E-state index in [4.69, 9.17) is 42.4 Å². The third-order valence-electron chi connectivity index (χ3n) is 7.40. The Hall–Kier alpha value is -2.43. The molecule has 1 N–H and O–H groups in total. The summed E-state index contributed by atoms with van der Waals surface area (Å²) in [7, 11) is 1.59. The van der Waals surface area contributed by atoms with Gasteiger partial charge in [0.15, 0.2) is 0 Å². The molecular formula is C30H32Cl2N4O3S. The van der Waals surface area contributed by atoms with Crippen LogP contribution in [-0.4, -0.2) is 74.5 Å². The molecule has 0 aliphatic carbocycles. The Kier molecular flexibility index (Phi) is 8.74. The quantitative estimate of drug-likeness (QED) is 0.242. The van der Waals surface area contributed by atoms with E-state index in [-0.39, 0.29) is 0 Å². The van der Waals surface area contributed by atoms with Crippen LogP contribution in [0.5, 0.6) is 5.75 Å². The molecule has 2 aromatic carbocycles. The van der Waals surface area contributed by atoms with Crippen molar-refractivity contribution in [3.8, 4) is 16.2 Å². The molecule has 6 rings (SSSR count). The van der Waals surface area contributed by atoms with Crippen molar-refractivity contribution >= 4 is 56.8 Å². The summed E-state index contributed by atoms with van der Waals surface area (Å²) in [4.78, 5) is 12.4. The van der Waals surface area contributed by atoms with Gasteiger partial charge in [-0.15, -0.1) is 11.3 Å². The molecule has 40 heavy (non-hydrogen) atoms. The zero-order valence-electron chi connectivity index (χ0n) is 22.4. The van der Waals surface area contributed by atoms with Crippen LogP contribution in [-0.2, 0) is 22.6 Å². The normalized spacial score (nSPS) is 16.9.